The molecule has 1 saturated heterocycles. The lowest BCUT2D eigenvalue weighted by Crippen LogP contribution is -2.41. The van der Waals surface area contributed by atoms with Gasteiger partial charge >= 0.3 is 5.97 Å². The Kier molecular flexibility index (Phi) is 3.79. The second kappa shape index (κ2) is 5.14. The van der Waals surface area contributed by atoms with Crippen LogP contribution in [0.1, 0.15) is 17.3 Å². The van der Waals surface area contributed by atoms with E-state index in [4.69, 9.17) is 16.7 Å². The van der Waals surface area contributed by atoms with Crippen LogP contribution in [0.25, 0.3) is 0 Å². The zero-order valence-electron chi connectivity index (χ0n) is 9.39. The quantitative estimate of drug-likeness (QED) is 0.838. The standard InChI is InChI=1S/C11H13ClN2O2S/c1-7-6-17-3-2-14(7)10-5-8(11(15)16)4-9(12)13-10/h4-5,7H,2-3,6H2,1H3,(H,15,16). The van der Waals surface area contributed by atoms with E-state index in [1.807, 2.05) is 11.8 Å². The molecular weight excluding hydrogens is 260 g/mol. The van der Waals surface area contributed by atoms with Crippen LogP contribution in [-0.2, 0) is 0 Å². The predicted octanol–water partition coefficient (Wildman–Crippen LogP) is 2.37. The maximum absolute atomic E-state index is 11.0. The van der Waals surface area contributed by atoms with E-state index in [1.165, 1.54) is 6.07 Å². The number of rotatable bonds is 2. The fourth-order valence-corrected chi connectivity index (χ4v) is 3.04. The van der Waals surface area contributed by atoms with Crippen molar-refractivity contribution in [1.82, 2.24) is 4.98 Å². The van der Waals surface area contributed by atoms with Crippen molar-refractivity contribution >= 4 is 35.1 Å². The molecule has 1 atom stereocenters. The molecule has 0 aromatic carbocycles. The lowest BCUT2D eigenvalue weighted by Gasteiger charge is -2.34. The third-order valence-electron chi connectivity index (χ3n) is 2.69. The van der Waals surface area contributed by atoms with Crippen molar-refractivity contribution in [3.05, 3.63) is 22.8 Å². The number of carbonyl (C=O) groups is 1. The molecule has 92 valence electrons. The van der Waals surface area contributed by atoms with Crippen molar-refractivity contribution in [2.45, 2.75) is 13.0 Å². The summed E-state index contributed by atoms with van der Waals surface area (Å²) in [4.78, 5) is 17.3. The first kappa shape index (κ1) is 12.5. The Balaban J connectivity index is 2.33. The molecule has 1 N–H and O–H groups in total. The molecular formula is C11H13ClN2O2S. The minimum atomic E-state index is -0.977. The Bertz CT molecular complexity index is 441. The van der Waals surface area contributed by atoms with Crippen molar-refractivity contribution in [1.29, 1.82) is 0 Å². The van der Waals surface area contributed by atoms with Gasteiger partial charge in [0.1, 0.15) is 11.0 Å². The van der Waals surface area contributed by atoms with Gasteiger partial charge in [-0.1, -0.05) is 11.6 Å². The highest BCUT2D eigenvalue weighted by Crippen LogP contribution is 2.24. The van der Waals surface area contributed by atoms with E-state index in [0.29, 0.717) is 11.9 Å². The third-order valence-corrected chi connectivity index (χ3v) is 4.07. The summed E-state index contributed by atoms with van der Waals surface area (Å²) in [6.07, 6.45) is 0. The smallest absolute Gasteiger partial charge is 0.335 e. The topological polar surface area (TPSA) is 53.4 Å². The molecule has 0 saturated carbocycles. The molecule has 1 fully saturated rings. The van der Waals surface area contributed by atoms with Gasteiger partial charge < -0.3 is 10.0 Å². The molecule has 0 amide bonds. The number of hydrogen-bond donors (Lipinski definition) is 1. The molecule has 17 heavy (non-hydrogen) atoms. The summed E-state index contributed by atoms with van der Waals surface area (Å²) in [5.74, 6) is 1.73. The molecule has 6 heteroatoms. The van der Waals surface area contributed by atoms with Crippen LogP contribution in [0.2, 0.25) is 5.15 Å². The number of hydrogen-bond acceptors (Lipinski definition) is 4. The number of thioether (sulfide) groups is 1. The largest absolute Gasteiger partial charge is 0.478 e. The molecule has 1 aliphatic rings. The summed E-state index contributed by atoms with van der Waals surface area (Å²) >= 11 is 7.75. The van der Waals surface area contributed by atoms with Gasteiger partial charge in [0.25, 0.3) is 0 Å². The lowest BCUT2D eigenvalue weighted by molar-refractivity contribution is 0.0697. The van der Waals surface area contributed by atoms with Crippen LogP contribution in [0.15, 0.2) is 12.1 Å². The zero-order chi connectivity index (χ0) is 12.4. The SMILES string of the molecule is CC1CSCCN1c1cc(C(=O)O)cc(Cl)n1. The summed E-state index contributed by atoms with van der Waals surface area (Å²) in [5, 5.41) is 9.22. The number of nitrogens with zero attached hydrogens (tertiary/aromatic N) is 2. The number of carboxylic acid groups (broad SMARTS) is 1. The molecule has 0 aliphatic carbocycles. The molecule has 1 aromatic rings. The number of anilines is 1. The first-order valence-electron chi connectivity index (χ1n) is 5.33. The van der Waals surface area contributed by atoms with Crippen molar-refractivity contribution in [2.75, 3.05) is 23.0 Å². The van der Waals surface area contributed by atoms with Crippen molar-refractivity contribution in [2.24, 2.45) is 0 Å². The van der Waals surface area contributed by atoms with Crippen LogP contribution in [0.5, 0.6) is 0 Å². The van der Waals surface area contributed by atoms with Gasteiger partial charge in [-0.3, -0.25) is 0 Å². The predicted molar refractivity (Wildman–Crippen MR) is 70.3 cm³/mol. The Hall–Kier alpha value is -0.940. The van der Waals surface area contributed by atoms with Crippen LogP contribution in [0.4, 0.5) is 5.82 Å². The Morgan fingerprint density at radius 1 is 1.65 bits per heavy atom. The van der Waals surface area contributed by atoms with Gasteiger partial charge in [0.15, 0.2) is 0 Å². The second-order valence-electron chi connectivity index (χ2n) is 3.96. The summed E-state index contributed by atoms with van der Waals surface area (Å²) in [6.45, 7) is 2.98. The first-order chi connectivity index (χ1) is 8.08. The van der Waals surface area contributed by atoms with E-state index >= 15 is 0 Å². The summed E-state index contributed by atoms with van der Waals surface area (Å²) in [6, 6.07) is 3.30. The average Bonchev–Trinajstić information content (AvgIpc) is 2.28. The normalized spacial score (nSPS) is 20.4. The van der Waals surface area contributed by atoms with E-state index < -0.39 is 5.97 Å². The van der Waals surface area contributed by atoms with E-state index in [2.05, 4.69) is 16.8 Å². The molecule has 0 bridgehead atoms. The fourth-order valence-electron chi connectivity index (χ4n) is 1.82. The van der Waals surface area contributed by atoms with Gasteiger partial charge in [-0.15, -0.1) is 0 Å². The van der Waals surface area contributed by atoms with E-state index in [1.54, 1.807) is 6.07 Å². The van der Waals surface area contributed by atoms with Gasteiger partial charge in [0.2, 0.25) is 0 Å². The lowest BCUT2D eigenvalue weighted by atomic mass is 10.2. The van der Waals surface area contributed by atoms with Crippen molar-refractivity contribution in [3.63, 3.8) is 0 Å². The van der Waals surface area contributed by atoms with Gasteiger partial charge in [0.05, 0.1) is 5.56 Å². The highest BCUT2D eigenvalue weighted by molar-refractivity contribution is 7.99. The monoisotopic (exact) mass is 272 g/mol. The van der Waals surface area contributed by atoms with Gasteiger partial charge in [-0.05, 0) is 19.1 Å². The number of aromatic carboxylic acids is 1. The number of pyridine rings is 1. The summed E-state index contributed by atoms with van der Waals surface area (Å²) in [7, 11) is 0. The maximum atomic E-state index is 11.0. The number of carboxylic acids is 1. The molecule has 1 unspecified atom stereocenters. The van der Waals surface area contributed by atoms with E-state index in [-0.39, 0.29) is 10.7 Å². The molecule has 0 radical (unpaired) electrons. The van der Waals surface area contributed by atoms with Crippen molar-refractivity contribution < 1.29 is 9.90 Å². The third kappa shape index (κ3) is 2.84. The molecule has 1 aromatic heterocycles. The molecule has 0 spiro atoms. The van der Waals surface area contributed by atoms with Crippen LogP contribution in [0.3, 0.4) is 0 Å². The average molecular weight is 273 g/mol. The minimum Gasteiger partial charge on any atom is -0.478 e. The van der Waals surface area contributed by atoms with E-state index in [9.17, 15) is 4.79 Å². The van der Waals surface area contributed by atoms with Crippen LogP contribution in [-0.4, -0.2) is 40.2 Å². The highest BCUT2D eigenvalue weighted by atomic mass is 35.5. The molecule has 2 heterocycles. The fraction of sp³-hybridized carbons (Fsp3) is 0.455. The van der Waals surface area contributed by atoms with Crippen LogP contribution >= 0.6 is 23.4 Å². The minimum absolute atomic E-state index is 0.186. The zero-order valence-corrected chi connectivity index (χ0v) is 11.0. The Morgan fingerprint density at radius 3 is 3.06 bits per heavy atom. The Morgan fingerprint density at radius 2 is 2.41 bits per heavy atom. The van der Waals surface area contributed by atoms with Crippen molar-refractivity contribution in [3.8, 4) is 0 Å². The molecule has 2 rings (SSSR count). The highest BCUT2D eigenvalue weighted by Gasteiger charge is 2.21. The Labute approximate surface area is 109 Å². The van der Waals surface area contributed by atoms with Gasteiger partial charge in [0, 0.05) is 24.1 Å². The van der Waals surface area contributed by atoms with E-state index in [0.717, 1.165) is 18.1 Å². The molecule has 1 aliphatic heterocycles. The van der Waals surface area contributed by atoms with Gasteiger partial charge in [-0.25, -0.2) is 9.78 Å². The summed E-state index contributed by atoms with van der Waals surface area (Å²) < 4.78 is 0. The second-order valence-corrected chi connectivity index (χ2v) is 5.50. The van der Waals surface area contributed by atoms with Crippen LogP contribution in [0, 0.1) is 0 Å². The first-order valence-corrected chi connectivity index (χ1v) is 6.86. The number of halogens is 1. The summed E-state index contributed by atoms with van der Waals surface area (Å²) in [5.41, 5.74) is 0.186. The van der Waals surface area contributed by atoms with Gasteiger partial charge in [-0.2, -0.15) is 11.8 Å². The van der Waals surface area contributed by atoms with Crippen LogP contribution < -0.4 is 4.90 Å². The maximum Gasteiger partial charge on any atom is 0.335 e. The molecule has 4 nitrogen and oxygen atoms in total. The number of aromatic nitrogens is 1.